The van der Waals surface area contributed by atoms with Crippen LogP contribution in [0.15, 0.2) is 72.8 Å². The first-order chi connectivity index (χ1) is 14.9. The van der Waals surface area contributed by atoms with E-state index < -0.39 is 22.9 Å². The molecule has 3 rings (SSSR count). The number of rotatable bonds is 7. The first kappa shape index (κ1) is 21.3. The fraction of sp³-hybridized carbons (Fsp3) is 0.0909. The number of hydrogen-bond donors (Lipinski definition) is 2. The van der Waals surface area contributed by atoms with Crippen LogP contribution in [0.4, 0.5) is 17.1 Å². The van der Waals surface area contributed by atoms with Crippen molar-refractivity contribution in [2.24, 2.45) is 0 Å². The zero-order valence-corrected chi connectivity index (χ0v) is 16.5. The molecular formula is C22H19N3O6. The monoisotopic (exact) mass is 421 g/mol. The molecule has 9 heteroatoms. The van der Waals surface area contributed by atoms with Crippen molar-refractivity contribution in [1.82, 2.24) is 0 Å². The fourth-order valence-corrected chi connectivity index (χ4v) is 2.81. The molecule has 1 amide bonds. The van der Waals surface area contributed by atoms with Crippen LogP contribution < -0.4 is 15.8 Å². The number of methoxy groups -OCH3 is 1. The minimum Gasteiger partial charge on any atom is -0.497 e. The van der Waals surface area contributed by atoms with E-state index in [0.29, 0.717) is 17.0 Å². The molecule has 9 nitrogen and oxygen atoms in total. The molecule has 0 radical (unpaired) electrons. The Hall–Kier alpha value is -4.40. The van der Waals surface area contributed by atoms with Crippen LogP contribution in [-0.4, -0.2) is 23.9 Å². The van der Waals surface area contributed by atoms with E-state index in [2.05, 4.69) is 5.32 Å². The summed E-state index contributed by atoms with van der Waals surface area (Å²) >= 11 is 0. The SMILES string of the molecule is COc1cccc(NC(=O)C(OC(=O)c2cc([N+](=O)[O-])ccc2N)c2ccccc2)c1. The lowest BCUT2D eigenvalue weighted by Gasteiger charge is -2.19. The van der Waals surface area contributed by atoms with Gasteiger partial charge in [0.2, 0.25) is 6.10 Å². The Bertz CT molecular complexity index is 1120. The summed E-state index contributed by atoms with van der Waals surface area (Å²) in [6.45, 7) is 0. The van der Waals surface area contributed by atoms with Gasteiger partial charge in [0.1, 0.15) is 5.75 Å². The van der Waals surface area contributed by atoms with Gasteiger partial charge in [-0.1, -0.05) is 36.4 Å². The fourth-order valence-electron chi connectivity index (χ4n) is 2.81. The van der Waals surface area contributed by atoms with Crippen molar-refractivity contribution >= 4 is 28.9 Å². The van der Waals surface area contributed by atoms with E-state index >= 15 is 0 Å². The Kier molecular flexibility index (Phi) is 6.46. The zero-order chi connectivity index (χ0) is 22.4. The molecule has 1 unspecified atom stereocenters. The van der Waals surface area contributed by atoms with Crippen LogP contribution in [0.25, 0.3) is 0 Å². The van der Waals surface area contributed by atoms with Gasteiger partial charge in [-0.25, -0.2) is 4.79 Å². The smallest absolute Gasteiger partial charge is 0.341 e. The largest absolute Gasteiger partial charge is 0.497 e. The van der Waals surface area contributed by atoms with E-state index in [9.17, 15) is 19.7 Å². The molecule has 1 atom stereocenters. The van der Waals surface area contributed by atoms with E-state index in [1.165, 1.54) is 19.2 Å². The maximum atomic E-state index is 13.0. The molecule has 0 bridgehead atoms. The lowest BCUT2D eigenvalue weighted by atomic mass is 10.1. The van der Waals surface area contributed by atoms with E-state index in [-0.39, 0.29) is 16.9 Å². The van der Waals surface area contributed by atoms with Crippen molar-refractivity contribution in [3.8, 4) is 5.75 Å². The van der Waals surface area contributed by atoms with E-state index in [1.807, 2.05) is 0 Å². The van der Waals surface area contributed by atoms with Crippen molar-refractivity contribution in [1.29, 1.82) is 0 Å². The number of nitrogens with zero attached hydrogens (tertiary/aromatic N) is 1. The lowest BCUT2D eigenvalue weighted by molar-refractivity contribution is -0.384. The molecule has 0 aliphatic carbocycles. The highest BCUT2D eigenvalue weighted by molar-refractivity contribution is 6.00. The molecule has 0 spiro atoms. The standard InChI is InChI=1S/C22H19N3O6/c1-30-17-9-5-8-15(12-17)24-21(26)20(14-6-3-2-4-7-14)31-22(27)18-13-16(25(28)29)10-11-19(18)23/h2-13,20H,23H2,1H3,(H,24,26). The Labute approximate surface area is 177 Å². The number of non-ortho nitro benzene ring substituents is 1. The summed E-state index contributed by atoms with van der Waals surface area (Å²) in [6.07, 6.45) is -1.32. The third kappa shape index (κ3) is 5.15. The van der Waals surface area contributed by atoms with E-state index in [1.54, 1.807) is 54.6 Å². The van der Waals surface area contributed by atoms with Crippen molar-refractivity contribution in [3.05, 3.63) is 94.0 Å². The van der Waals surface area contributed by atoms with Gasteiger partial charge < -0.3 is 20.5 Å². The summed E-state index contributed by atoms with van der Waals surface area (Å²) < 4.78 is 10.6. The summed E-state index contributed by atoms with van der Waals surface area (Å²) in [5.41, 5.74) is 6.13. The molecular weight excluding hydrogens is 402 g/mol. The molecule has 158 valence electrons. The van der Waals surface area contributed by atoms with Crippen molar-refractivity contribution in [2.45, 2.75) is 6.10 Å². The third-order valence-electron chi connectivity index (χ3n) is 4.37. The molecule has 3 aromatic carbocycles. The van der Waals surface area contributed by atoms with Gasteiger partial charge in [-0.2, -0.15) is 0 Å². The van der Waals surface area contributed by atoms with Gasteiger partial charge in [-0.3, -0.25) is 14.9 Å². The molecule has 0 aromatic heterocycles. The summed E-state index contributed by atoms with van der Waals surface area (Å²) in [7, 11) is 1.50. The zero-order valence-electron chi connectivity index (χ0n) is 16.5. The second kappa shape index (κ2) is 9.40. The number of nitrogens with one attached hydrogen (secondary N) is 1. The number of nitrogen functional groups attached to an aromatic ring is 1. The summed E-state index contributed by atoms with van der Waals surface area (Å²) in [5.74, 6) is -1.04. The van der Waals surface area contributed by atoms with Crippen molar-refractivity contribution < 1.29 is 24.0 Å². The number of carbonyl (C=O) groups is 2. The lowest BCUT2D eigenvalue weighted by Crippen LogP contribution is -2.26. The summed E-state index contributed by atoms with van der Waals surface area (Å²) in [6, 6.07) is 18.5. The molecule has 0 aliphatic heterocycles. The summed E-state index contributed by atoms with van der Waals surface area (Å²) in [5, 5.41) is 13.7. The number of esters is 1. The molecule has 0 saturated carbocycles. The minimum absolute atomic E-state index is 0.00406. The van der Waals surface area contributed by atoms with Crippen molar-refractivity contribution in [2.75, 3.05) is 18.2 Å². The predicted octanol–water partition coefficient (Wildman–Crippen LogP) is 3.72. The van der Waals surface area contributed by atoms with Crippen LogP contribution in [-0.2, 0) is 9.53 Å². The normalized spacial score (nSPS) is 11.3. The number of nitrogens with two attached hydrogens (primary N) is 1. The van der Waals surface area contributed by atoms with Crippen LogP contribution in [0.1, 0.15) is 22.0 Å². The van der Waals surface area contributed by atoms with Crippen LogP contribution in [0.5, 0.6) is 5.75 Å². The van der Waals surface area contributed by atoms with Crippen molar-refractivity contribution in [3.63, 3.8) is 0 Å². The Morgan fingerprint density at radius 2 is 1.77 bits per heavy atom. The number of nitro groups is 1. The first-order valence-corrected chi connectivity index (χ1v) is 9.14. The van der Waals surface area contributed by atoms with Crippen LogP contribution >= 0.6 is 0 Å². The molecule has 3 aromatic rings. The molecule has 0 saturated heterocycles. The highest BCUT2D eigenvalue weighted by atomic mass is 16.6. The number of ether oxygens (including phenoxy) is 2. The Morgan fingerprint density at radius 3 is 2.45 bits per heavy atom. The average Bonchev–Trinajstić information content (AvgIpc) is 2.78. The predicted molar refractivity (Wildman–Crippen MR) is 114 cm³/mol. The minimum atomic E-state index is -1.32. The van der Waals surface area contributed by atoms with Crippen LogP contribution in [0, 0.1) is 10.1 Å². The maximum Gasteiger partial charge on any atom is 0.341 e. The van der Waals surface area contributed by atoms with Gasteiger partial charge in [0.15, 0.2) is 0 Å². The number of nitro benzene ring substituents is 1. The topological polar surface area (TPSA) is 134 Å². The number of benzene rings is 3. The van der Waals surface area contributed by atoms with E-state index in [0.717, 1.165) is 6.07 Å². The van der Waals surface area contributed by atoms with Gasteiger partial charge in [0.05, 0.1) is 17.6 Å². The number of amides is 1. The second-order valence-electron chi connectivity index (χ2n) is 6.45. The maximum absolute atomic E-state index is 13.0. The molecule has 3 N–H and O–H groups in total. The van der Waals surface area contributed by atoms with E-state index in [4.69, 9.17) is 15.2 Å². The van der Waals surface area contributed by atoms with Gasteiger partial charge in [-0.15, -0.1) is 0 Å². The van der Waals surface area contributed by atoms with Gasteiger partial charge >= 0.3 is 5.97 Å². The third-order valence-corrected chi connectivity index (χ3v) is 4.37. The Balaban J connectivity index is 1.89. The quantitative estimate of drug-likeness (QED) is 0.257. The van der Waals surface area contributed by atoms with Crippen LogP contribution in [0.3, 0.4) is 0 Å². The molecule has 0 aliphatic rings. The first-order valence-electron chi connectivity index (χ1n) is 9.14. The average molecular weight is 421 g/mol. The van der Waals surface area contributed by atoms with Gasteiger partial charge in [0.25, 0.3) is 11.6 Å². The van der Waals surface area contributed by atoms with Gasteiger partial charge in [-0.05, 0) is 18.2 Å². The summed E-state index contributed by atoms with van der Waals surface area (Å²) in [4.78, 5) is 36.1. The molecule has 0 fully saturated rings. The van der Waals surface area contributed by atoms with Gasteiger partial charge in [0, 0.05) is 35.1 Å². The second-order valence-corrected chi connectivity index (χ2v) is 6.45. The number of anilines is 2. The number of hydrogen-bond acceptors (Lipinski definition) is 7. The van der Waals surface area contributed by atoms with Crippen LogP contribution in [0.2, 0.25) is 0 Å². The molecule has 0 heterocycles. The molecule has 31 heavy (non-hydrogen) atoms. The number of carbonyl (C=O) groups excluding carboxylic acids is 2. The highest BCUT2D eigenvalue weighted by Gasteiger charge is 2.27. The highest BCUT2D eigenvalue weighted by Crippen LogP contribution is 2.26. The Morgan fingerprint density at radius 1 is 1.03 bits per heavy atom.